The standard InChI is InChI=1S/C13H16ClNO4/c1-18-11-3-2-9(8-10(11)14)12(13(16)17)15-4-6-19-7-5-15/h2-3,8,12H,4-7H2,1H3,(H,16,17). The monoisotopic (exact) mass is 285 g/mol. The number of methoxy groups -OCH3 is 1. The summed E-state index contributed by atoms with van der Waals surface area (Å²) in [5.74, 6) is -0.348. The number of nitrogens with zero attached hydrogens (tertiary/aromatic N) is 1. The number of hydrogen-bond donors (Lipinski definition) is 1. The first-order chi connectivity index (χ1) is 9.13. The molecule has 1 atom stereocenters. The smallest absolute Gasteiger partial charge is 0.325 e. The summed E-state index contributed by atoms with van der Waals surface area (Å²) < 4.78 is 10.3. The molecule has 0 spiro atoms. The summed E-state index contributed by atoms with van der Waals surface area (Å²) in [6.45, 7) is 2.29. The van der Waals surface area contributed by atoms with Crippen molar-refractivity contribution in [2.75, 3.05) is 33.4 Å². The molecule has 104 valence electrons. The highest BCUT2D eigenvalue weighted by Crippen LogP contribution is 2.30. The first kappa shape index (κ1) is 14.1. The van der Waals surface area contributed by atoms with Gasteiger partial charge in [0.05, 0.1) is 25.3 Å². The molecule has 2 rings (SSSR count). The van der Waals surface area contributed by atoms with Crippen LogP contribution >= 0.6 is 11.6 Å². The molecular weight excluding hydrogens is 270 g/mol. The number of carboxylic acid groups (broad SMARTS) is 1. The van der Waals surface area contributed by atoms with Gasteiger partial charge in [-0.25, -0.2) is 0 Å². The molecule has 1 saturated heterocycles. The lowest BCUT2D eigenvalue weighted by Gasteiger charge is -2.32. The summed E-state index contributed by atoms with van der Waals surface area (Å²) in [6, 6.07) is 4.37. The zero-order valence-corrected chi connectivity index (χ0v) is 11.4. The van der Waals surface area contributed by atoms with E-state index >= 15 is 0 Å². The minimum absolute atomic E-state index is 0.416. The predicted octanol–water partition coefficient (Wildman–Crippen LogP) is 1.81. The molecule has 0 radical (unpaired) electrons. The molecule has 0 aromatic heterocycles. The van der Waals surface area contributed by atoms with E-state index in [0.717, 1.165) is 0 Å². The molecule has 1 aliphatic rings. The van der Waals surface area contributed by atoms with Gasteiger partial charge in [-0.2, -0.15) is 0 Å². The van der Waals surface area contributed by atoms with Gasteiger partial charge in [-0.3, -0.25) is 9.69 Å². The third-order valence-electron chi connectivity index (χ3n) is 3.14. The highest BCUT2D eigenvalue weighted by molar-refractivity contribution is 6.32. The Morgan fingerprint density at radius 3 is 2.68 bits per heavy atom. The molecule has 1 heterocycles. The molecule has 0 aliphatic carbocycles. The van der Waals surface area contributed by atoms with Crippen LogP contribution in [0.4, 0.5) is 0 Å². The van der Waals surface area contributed by atoms with Gasteiger partial charge < -0.3 is 14.6 Å². The van der Waals surface area contributed by atoms with Gasteiger partial charge in [0.15, 0.2) is 0 Å². The second kappa shape index (κ2) is 6.23. The van der Waals surface area contributed by atoms with Gasteiger partial charge in [0.2, 0.25) is 0 Å². The summed E-state index contributed by atoms with van der Waals surface area (Å²) in [5, 5.41) is 9.86. The van der Waals surface area contributed by atoms with E-state index in [4.69, 9.17) is 21.1 Å². The zero-order chi connectivity index (χ0) is 13.8. The van der Waals surface area contributed by atoms with Crippen molar-refractivity contribution in [3.8, 4) is 5.75 Å². The van der Waals surface area contributed by atoms with E-state index in [1.807, 2.05) is 4.90 Å². The van der Waals surface area contributed by atoms with Crippen molar-refractivity contribution in [1.29, 1.82) is 0 Å². The number of aliphatic carboxylic acids is 1. The van der Waals surface area contributed by atoms with E-state index < -0.39 is 12.0 Å². The third kappa shape index (κ3) is 3.18. The van der Waals surface area contributed by atoms with E-state index in [0.29, 0.717) is 42.6 Å². The Morgan fingerprint density at radius 2 is 2.16 bits per heavy atom. The summed E-state index contributed by atoms with van der Waals surface area (Å²) in [5.41, 5.74) is 0.653. The van der Waals surface area contributed by atoms with E-state index in [9.17, 15) is 9.90 Å². The quantitative estimate of drug-likeness (QED) is 0.914. The molecule has 0 bridgehead atoms. The second-order valence-electron chi connectivity index (χ2n) is 4.28. The summed E-state index contributed by atoms with van der Waals surface area (Å²) >= 11 is 6.06. The second-order valence-corrected chi connectivity index (χ2v) is 4.69. The number of halogens is 1. The van der Waals surface area contributed by atoms with Crippen molar-refractivity contribution in [3.63, 3.8) is 0 Å². The lowest BCUT2D eigenvalue weighted by molar-refractivity contribution is -0.145. The van der Waals surface area contributed by atoms with Crippen LogP contribution in [0.25, 0.3) is 0 Å². The largest absolute Gasteiger partial charge is 0.495 e. The van der Waals surface area contributed by atoms with Gasteiger partial charge in [-0.1, -0.05) is 17.7 Å². The maximum Gasteiger partial charge on any atom is 0.325 e. The highest BCUT2D eigenvalue weighted by atomic mass is 35.5. The van der Waals surface area contributed by atoms with Crippen LogP contribution in [-0.2, 0) is 9.53 Å². The van der Waals surface area contributed by atoms with Crippen LogP contribution in [0, 0.1) is 0 Å². The van der Waals surface area contributed by atoms with E-state index in [1.54, 1.807) is 18.2 Å². The molecule has 1 aromatic rings. The minimum Gasteiger partial charge on any atom is -0.495 e. The Labute approximate surface area is 116 Å². The summed E-state index contributed by atoms with van der Waals surface area (Å²) in [7, 11) is 1.53. The number of hydrogen-bond acceptors (Lipinski definition) is 4. The molecule has 5 nitrogen and oxygen atoms in total. The molecular formula is C13H16ClNO4. The Morgan fingerprint density at radius 1 is 1.47 bits per heavy atom. The lowest BCUT2D eigenvalue weighted by atomic mass is 10.0. The van der Waals surface area contributed by atoms with E-state index in [-0.39, 0.29) is 0 Å². The maximum atomic E-state index is 11.5. The first-order valence-corrected chi connectivity index (χ1v) is 6.39. The van der Waals surface area contributed by atoms with Crippen LogP contribution in [0.15, 0.2) is 18.2 Å². The minimum atomic E-state index is -0.886. The molecule has 1 fully saturated rings. The third-order valence-corrected chi connectivity index (χ3v) is 3.43. The predicted molar refractivity (Wildman–Crippen MR) is 70.8 cm³/mol. The van der Waals surface area contributed by atoms with Gasteiger partial charge in [0.1, 0.15) is 11.8 Å². The van der Waals surface area contributed by atoms with Crippen molar-refractivity contribution in [1.82, 2.24) is 4.90 Å². The molecule has 1 unspecified atom stereocenters. The Kier molecular flexibility index (Phi) is 4.63. The van der Waals surface area contributed by atoms with Crippen molar-refractivity contribution in [2.24, 2.45) is 0 Å². The summed E-state index contributed by atoms with van der Waals surface area (Å²) in [6.07, 6.45) is 0. The highest BCUT2D eigenvalue weighted by Gasteiger charge is 2.29. The zero-order valence-electron chi connectivity index (χ0n) is 10.6. The Bertz CT molecular complexity index is 460. The van der Waals surface area contributed by atoms with Gasteiger partial charge in [0.25, 0.3) is 0 Å². The fourth-order valence-electron chi connectivity index (χ4n) is 2.20. The van der Waals surface area contributed by atoms with Crippen LogP contribution in [-0.4, -0.2) is 49.4 Å². The topological polar surface area (TPSA) is 59.0 Å². The van der Waals surface area contributed by atoms with Crippen molar-refractivity contribution < 1.29 is 19.4 Å². The van der Waals surface area contributed by atoms with Gasteiger partial charge in [-0.15, -0.1) is 0 Å². The molecule has 0 amide bonds. The maximum absolute atomic E-state index is 11.5. The SMILES string of the molecule is COc1ccc(C(C(=O)O)N2CCOCC2)cc1Cl. The molecule has 0 saturated carbocycles. The molecule has 1 aromatic carbocycles. The number of benzene rings is 1. The van der Waals surface area contributed by atoms with Crippen LogP contribution < -0.4 is 4.74 Å². The number of carbonyl (C=O) groups is 1. The van der Waals surface area contributed by atoms with Crippen LogP contribution in [0.5, 0.6) is 5.75 Å². The number of carboxylic acids is 1. The Hall–Kier alpha value is -1.30. The Balaban J connectivity index is 2.28. The number of morpholine rings is 1. The fourth-order valence-corrected chi connectivity index (χ4v) is 2.46. The van der Waals surface area contributed by atoms with E-state index in [2.05, 4.69) is 0 Å². The normalized spacial score (nSPS) is 18.0. The van der Waals surface area contributed by atoms with Gasteiger partial charge in [-0.05, 0) is 17.7 Å². The first-order valence-electron chi connectivity index (χ1n) is 6.01. The molecule has 6 heteroatoms. The van der Waals surface area contributed by atoms with Crippen LogP contribution in [0.2, 0.25) is 5.02 Å². The lowest BCUT2D eigenvalue weighted by Crippen LogP contribution is -2.42. The fraction of sp³-hybridized carbons (Fsp3) is 0.462. The van der Waals surface area contributed by atoms with Crippen LogP contribution in [0.3, 0.4) is 0 Å². The van der Waals surface area contributed by atoms with Crippen molar-refractivity contribution in [2.45, 2.75) is 6.04 Å². The molecule has 1 N–H and O–H groups in total. The van der Waals surface area contributed by atoms with Crippen molar-refractivity contribution >= 4 is 17.6 Å². The molecule has 1 aliphatic heterocycles. The van der Waals surface area contributed by atoms with Crippen LogP contribution in [0.1, 0.15) is 11.6 Å². The van der Waals surface area contributed by atoms with Gasteiger partial charge in [0, 0.05) is 13.1 Å². The van der Waals surface area contributed by atoms with Crippen molar-refractivity contribution in [3.05, 3.63) is 28.8 Å². The summed E-state index contributed by atoms with van der Waals surface area (Å²) in [4.78, 5) is 13.4. The number of ether oxygens (including phenoxy) is 2. The number of rotatable bonds is 4. The average molecular weight is 286 g/mol. The average Bonchev–Trinajstić information content (AvgIpc) is 2.40. The van der Waals surface area contributed by atoms with E-state index in [1.165, 1.54) is 7.11 Å². The van der Waals surface area contributed by atoms with Gasteiger partial charge >= 0.3 is 5.97 Å². The molecule has 19 heavy (non-hydrogen) atoms.